The third kappa shape index (κ3) is 2.55. The van der Waals surface area contributed by atoms with Crippen molar-refractivity contribution in [1.29, 1.82) is 0 Å². The lowest BCUT2D eigenvalue weighted by Crippen LogP contribution is -2.30. The number of nitrogens with one attached hydrogen (secondary N) is 1. The zero-order chi connectivity index (χ0) is 9.80. The summed E-state index contributed by atoms with van der Waals surface area (Å²) in [6.07, 6.45) is 3.64. The molecule has 1 heterocycles. The van der Waals surface area contributed by atoms with Crippen LogP contribution in [0.3, 0.4) is 0 Å². The summed E-state index contributed by atoms with van der Waals surface area (Å²) in [4.78, 5) is 0. The van der Waals surface area contributed by atoms with Gasteiger partial charge in [-0.25, -0.2) is 4.39 Å². The lowest BCUT2D eigenvalue weighted by molar-refractivity contribution is 0.376. The van der Waals surface area contributed by atoms with Crippen molar-refractivity contribution < 1.29 is 4.39 Å². The van der Waals surface area contributed by atoms with Crippen LogP contribution in [0.4, 0.5) is 4.39 Å². The van der Waals surface area contributed by atoms with Gasteiger partial charge >= 0.3 is 0 Å². The van der Waals surface area contributed by atoms with Gasteiger partial charge in [0.15, 0.2) is 0 Å². The van der Waals surface area contributed by atoms with E-state index in [1.54, 1.807) is 12.1 Å². The van der Waals surface area contributed by atoms with Gasteiger partial charge in [-0.2, -0.15) is 0 Å². The number of hydrogen-bond acceptors (Lipinski definition) is 1. The molecule has 0 unspecified atom stereocenters. The fraction of sp³-hybridized carbons (Fsp3) is 0.500. The Bertz CT molecular complexity index is 275. The summed E-state index contributed by atoms with van der Waals surface area (Å²) in [5.74, 6) is 0.588. The molecule has 0 aromatic heterocycles. The van der Waals surface area contributed by atoms with Gasteiger partial charge in [0.1, 0.15) is 5.82 Å². The van der Waals surface area contributed by atoms with Crippen molar-refractivity contribution in [2.75, 3.05) is 13.1 Å². The Morgan fingerprint density at radius 3 is 2.71 bits per heavy atom. The average molecular weight is 193 g/mol. The van der Waals surface area contributed by atoms with Gasteiger partial charge in [0, 0.05) is 0 Å². The van der Waals surface area contributed by atoms with Crippen molar-refractivity contribution in [2.24, 2.45) is 5.92 Å². The van der Waals surface area contributed by atoms with E-state index in [9.17, 15) is 4.39 Å². The summed E-state index contributed by atoms with van der Waals surface area (Å²) in [5.41, 5.74) is 1.25. The molecule has 1 atom stereocenters. The van der Waals surface area contributed by atoms with Crippen LogP contribution in [0.15, 0.2) is 24.3 Å². The quantitative estimate of drug-likeness (QED) is 0.760. The molecule has 0 saturated carbocycles. The number of halogens is 1. The Labute approximate surface area is 84.3 Å². The molecule has 14 heavy (non-hydrogen) atoms. The lowest BCUT2D eigenvalue weighted by atomic mass is 9.92. The molecule has 1 aromatic carbocycles. The predicted octanol–water partition coefficient (Wildman–Crippen LogP) is 2.37. The molecular formula is C12H16FN. The highest BCUT2D eigenvalue weighted by Crippen LogP contribution is 2.16. The van der Waals surface area contributed by atoms with Gasteiger partial charge < -0.3 is 5.32 Å². The molecule has 0 bridgehead atoms. The molecule has 0 spiro atoms. The van der Waals surface area contributed by atoms with Gasteiger partial charge in [-0.05, 0) is 56.0 Å². The first-order valence-electron chi connectivity index (χ1n) is 5.30. The van der Waals surface area contributed by atoms with Crippen LogP contribution in [0, 0.1) is 11.7 Å². The molecule has 76 valence electrons. The second-order valence-corrected chi connectivity index (χ2v) is 4.04. The second kappa shape index (κ2) is 4.56. The predicted molar refractivity (Wildman–Crippen MR) is 55.7 cm³/mol. The Balaban J connectivity index is 1.92. The molecule has 1 nitrogen and oxygen atoms in total. The summed E-state index contributed by atoms with van der Waals surface area (Å²) >= 11 is 0. The SMILES string of the molecule is Fc1ccc(C[C@H]2CCCNC2)cc1. The molecule has 0 aliphatic carbocycles. The molecule has 1 aromatic rings. The van der Waals surface area contributed by atoms with Gasteiger partial charge in [0.25, 0.3) is 0 Å². The first-order chi connectivity index (χ1) is 6.84. The number of piperidine rings is 1. The smallest absolute Gasteiger partial charge is 0.123 e. The van der Waals surface area contributed by atoms with Crippen molar-refractivity contribution in [3.05, 3.63) is 35.6 Å². The van der Waals surface area contributed by atoms with Gasteiger partial charge in [-0.1, -0.05) is 12.1 Å². The minimum Gasteiger partial charge on any atom is -0.316 e. The van der Waals surface area contributed by atoms with Crippen molar-refractivity contribution in [1.82, 2.24) is 5.32 Å². The molecule has 1 N–H and O–H groups in total. The van der Waals surface area contributed by atoms with E-state index in [1.165, 1.54) is 18.4 Å². The highest BCUT2D eigenvalue weighted by atomic mass is 19.1. The van der Waals surface area contributed by atoms with Crippen LogP contribution in [0.25, 0.3) is 0 Å². The lowest BCUT2D eigenvalue weighted by Gasteiger charge is -2.22. The molecule has 0 amide bonds. The third-order valence-electron chi connectivity index (χ3n) is 2.84. The minimum absolute atomic E-state index is 0.143. The van der Waals surface area contributed by atoms with E-state index >= 15 is 0 Å². The number of benzene rings is 1. The molecule has 1 aliphatic heterocycles. The third-order valence-corrected chi connectivity index (χ3v) is 2.84. The maximum atomic E-state index is 12.7. The van der Waals surface area contributed by atoms with Gasteiger partial charge in [-0.15, -0.1) is 0 Å². The van der Waals surface area contributed by atoms with E-state index in [4.69, 9.17) is 0 Å². The van der Waals surface area contributed by atoms with E-state index in [0.29, 0.717) is 0 Å². The van der Waals surface area contributed by atoms with Crippen LogP contribution in [-0.2, 0) is 6.42 Å². The molecule has 0 radical (unpaired) electrons. The monoisotopic (exact) mass is 193 g/mol. The average Bonchev–Trinajstić information content (AvgIpc) is 2.23. The minimum atomic E-state index is -0.143. The standard InChI is InChI=1S/C12H16FN/c13-12-5-3-10(4-6-12)8-11-2-1-7-14-9-11/h3-6,11,14H,1-2,7-9H2/t11-/m1/s1. The largest absolute Gasteiger partial charge is 0.316 e. The fourth-order valence-electron chi connectivity index (χ4n) is 2.05. The maximum absolute atomic E-state index is 12.7. The van der Waals surface area contributed by atoms with Crippen LogP contribution >= 0.6 is 0 Å². The van der Waals surface area contributed by atoms with Crippen molar-refractivity contribution >= 4 is 0 Å². The van der Waals surface area contributed by atoms with E-state index in [1.807, 2.05) is 12.1 Å². The Hall–Kier alpha value is -0.890. The van der Waals surface area contributed by atoms with Crippen LogP contribution < -0.4 is 5.32 Å². The molecule has 2 rings (SSSR count). The van der Waals surface area contributed by atoms with Gasteiger partial charge in [0.05, 0.1) is 0 Å². The van der Waals surface area contributed by atoms with Crippen LogP contribution in [0.5, 0.6) is 0 Å². The van der Waals surface area contributed by atoms with E-state index in [2.05, 4.69) is 5.32 Å². The summed E-state index contributed by atoms with van der Waals surface area (Å²) in [5, 5.41) is 3.39. The normalized spacial score (nSPS) is 22.2. The molecule has 1 saturated heterocycles. The first kappa shape index (κ1) is 9.66. The van der Waals surface area contributed by atoms with Crippen molar-refractivity contribution in [2.45, 2.75) is 19.3 Å². The second-order valence-electron chi connectivity index (χ2n) is 4.04. The summed E-state index contributed by atoms with van der Waals surface area (Å²) in [6, 6.07) is 6.88. The summed E-state index contributed by atoms with van der Waals surface area (Å²) in [6.45, 7) is 2.26. The van der Waals surface area contributed by atoms with E-state index in [-0.39, 0.29) is 5.82 Å². The van der Waals surface area contributed by atoms with Crippen molar-refractivity contribution in [3.8, 4) is 0 Å². The van der Waals surface area contributed by atoms with Crippen molar-refractivity contribution in [3.63, 3.8) is 0 Å². The van der Waals surface area contributed by atoms with Gasteiger partial charge in [-0.3, -0.25) is 0 Å². The number of hydrogen-bond donors (Lipinski definition) is 1. The fourth-order valence-corrected chi connectivity index (χ4v) is 2.05. The highest BCUT2D eigenvalue weighted by Gasteiger charge is 2.12. The van der Waals surface area contributed by atoms with E-state index < -0.39 is 0 Å². The maximum Gasteiger partial charge on any atom is 0.123 e. The Morgan fingerprint density at radius 1 is 1.29 bits per heavy atom. The molecule has 2 heteroatoms. The van der Waals surface area contributed by atoms with Gasteiger partial charge in [0.2, 0.25) is 0 Å². The molecule has 1 fully saturated rings. The van der Waals surface area contributed by atoms with Crippen LogP contribution in [-0.4, -0.2) is 13.1 Å². The Morgan fingerprint density at radius 2 is 2.07 bits per heavy atom. The Kier molecular flexibility index (Phi) is 3.14. The first-order valence-corrected chi connectivity index (χ1v) is 5.30. The summed E-state index contributed by atoms with van der Waals surface area (Å²) < 4.78 is 12.7. The molecular weight excluding hydrogens is 177 g/mol. The van der Waals surface area contributed by atoms with Crippen LogP contribution in [0.2, 0.25) is 0 Å². The highest BCUT2D eigenvalue weighted by molar-refractivity contribution is 5.16. The van der Waals surface area contributed by atoms with Crippen LogP contribution in [0.1, 0.15) is 18.4 Å². The molecule has 1 aliphatic rings. The number of rotatable bonds is 2. The van der Waals surface area contributed by atoms with E-state index in [0.717, 1.165) is 25.4 Å². The zero-order valence-electron chi connectivity index (χ0n) is 8.30. The topological polar surface area (TPSA) is 12.0 Å². The summed E-state index contributed by atoms with van der Waals surface area (Å²) in [7, 11) is 0. The zero-order valence-corrected chi connectivity index (χ0v) is 8.30.